The van der Waals surface area contributed by atoms with Crippen molar-refractivity contribution in [2.45, 2.75) is 26.8 Å². The van der Waals surface area contributed by atoms with Crippen molar-refractivity contribution in [2.75, 3.05) is 13.1 Å². The van der Waals surface area contributed by atoms with Crippen LogP contribution in [0.15, 0.2) is 11.4 Å². The summed E-state index contributed by atoms with van der Waals surface area (Å²) in [5.74, 6) is -0.100. The molecule has 2 nitrogen and oxygen atoms in total. The predicted molar refractivity (Wildman–Crippen MR) is 83.0 cm³/mol. The van der Waals surface area contributed by atoms with Gasteiger partial charge in [0, 0.05) is 41.5 Å². The number of hydrogen-bond acceptors (Lipinski definition) is 2. The van der Waals surface area contributed by atoms with Crippen LogP contribution in [0.5, 0.6) is 0 Å². The zero-order chi connectivity index (χ0) is 13.9. The molecule has 1 aliphatic heterocycles. The second-order valence-electron chi connectivity index (χ2n) is 5.60. The third-order valence-corrected chi connectivity index (χ3v) is 5.55. The first-order valence-corrected chi connectivity index (χ1v) is 7.99. The van der Waals surface area contributed by atoms with Crippen molar-refractivity contribution in [3.63, 3.8) is 0 Å². The Labute approximate surface area is 121 Å². The molecule has 1 aromatic carbocycles. The molecule has 1 N–H and O–H groups in total. The first kappa shape index (κ1) is 12.4. The third kappa shape index (κ3) is 1.58. The lowest BCUT2D eigenvalue weighted by Gasteiger charge is -2.25. The number of hydrogen-bond donors (Lipinski definition) is 1. The molecule has 3 heterocycles. The lowest BCUT2D eigenvalue weighted by atomic mass is 10.0. The number of H-pyrrole nitrogens is 1. The molecule has 0 radical (unpaired) electrons. The maximum atomic E-state index is 14.2. The fourth-order valence-electron chi connectivity index (χ4n) is 3.36. The number of aromatic amines is 1. The summed E-state index contributed by atoms with van der Waals surface area (Å²) in [4.78, 5) is 5.90. The van der Waals surface area contributed by atoms with Gasteiger partial charge in [0.15, 0.2) is 0 Å². The number of thiophene rings is 1. The minimum absolute atomic E-state index is 0.100. The topological polar surface area (TPSA) is 19.0 Å². The number of aromatic nitrogens is 1. The van der Waals surface area contributed by atoms with E-state index in [1.807, 2.05) is 0 Å². The zero-order valence-corrected chi connectivity index (χ0v) is 12.5. The fraction of sp³-hybridized carbons (Fsp3) is 0.375. The molecule has 104 valence electrons. The molecule has 0 bridgehead atoms. The van der Waals surface area contributed by atoms with E-state index in [4.69, 9.17) is 0 Å². The lowest BCUT2D eigenvalue weighted by molar-refractivity contribution is 0.268. The van der Waals surface area contributed by atoms with Crippen LogP contribution in [0, 0.1) is 12.7 Å². The first-order valence-electron chi connectivity index (χ1n) is 7.11. The van der Waals surface area contributed by atoms with Gasteiger partial charge in [-0.2, -0.15) is 0 Å². The summed E-state index contributed by atoms with van der Waals surface area (Å²) in [6.07, 6.45) is 1.03. The quantitative estimate of drug-likeness (QED) is 0.710. The first-order chi connectivity index (χ1) is 9.69. The van der Waals surface area contributed by atoms with Gasteiger partial charge in [-0.25, -0.2) is 4.39 Å². The number of aryl methyl sites for hydroxylation is 1. The van der Waals surface area contributed by atoms with E-state index in [0.29, 0.717) is 0 Å². The molecule has 0 saturated heterocycles. The third-order valence-electron chi connectivity index (χ3n) is 4.44. The molecule has 0 fully saturated rings. The van der Waals surface area contributed by atoms with Gasteiger partial charge < -0.3 is 4.98 Å². The molecule has 20 heavy (non-hydrogen) atoms. The van der Waals surface area contributed by atoms with E-state index >= 15 is 0 Å². The Kier molecular flexibility index (Phi) is 2.66. The minimum Gasteiger partial charge on any atom is -0.358 e. The van der Waals surface area contributed by atoms with Gasteiger partial charge in [-0.1, -0.05) is 6.92 Å². The zero-order valence-electron chi connectivity index (χ0n) is 11.7. The Bertz CT molecular complexity index is 815. The van der Waals surface area contributed by atoms with Gasteiger partial charge in [0.25, 0.3) is 0 Å². The molecule has 1 aliphatic rings. The van der Waals surface area contributed by atoms with Gasteiger partial charge in [-0.15, -0.1) is 11.3 Å². The summed E-state index contributed by atoms with van der Waals surface area (Å²) >= 11 is 1.51. The van der Waals surface area contributed by atoms with Gasteiger partial charge in [0.05, 0.1) is 4.70 Å². The molecule has 0 amide bonds. The van der Waals surface area contributed by atoms with Crippen LogP contribution in [0.3, 0.4) is 0 Å². The molecule has 4 heteroatoms. The maximum Gasteiger partial charge on any atom is 0.143 e. The number of benzene rings is 1. The molecule has 0 saturated carbocycles. The summed E-state index contributed by atoms with van der Waals surface area (Å²) in [5, 5.41) is 4.42. The molecule has 2 aromatic heterocycles. The van der Waals surface area contributed by atoms with Crippen LogP contribution in [0.4, 0.5) is 4.39 Å². The molecule has 0 spiro atoms. The van der Waals surface area contributed by atoms with E-state index in [1.54, 1.807) is 6.07 Å². The molecular formula is C16H17FN2S. The van der Waals surface area contributed by atoms with Crippen LogP contribution in [0.1, 0.15) is 23.7 Å². The number of likely N-dealkylation sites (N-methyl/N-ethyl adjacent to an activating group) is 1. The van der Waals surface area contributed by atoms with Crippen LogP contribution in [0.2, 0.25) is 0 Å². The predicted octanol–water partition coefficient (Wildman–Crippen LogP) is 4.21. The van der Waals surface area contributed by atoms with E-state index in [9.17, 15) is 4.39 Å². The Balaban J connectivity index is 2.10. The summed E-state index contributed by atoms with van der Waals surface area (Å²) in [6, 6.07) is 1.67. The highest BCUT2D eigenvalue weighted by Gasteiger charge is 2.23. The number of rotatable bonds is 1. The van der Waals surface area contributed by atoms with E-state index < -0.39 is 0 Å². The highest BCUT2D eigenvalue weighted by atomic mass is 32.1. The molecule has 0 atom stereocenters. The van der Waals surface area contributed by atoms with Gasteiger partial charge in [-0.05, 0) is 36.0 Å². The highest BCUT2D eigenvalue weighted by Crippen LogP contribution is 2.39. The van der Waals surface area contributed by atoms with E-state index in [-0.39, 0.29) is 5.82 Å². The van der Waals surface area contributed by atoms with Gasteiger partial charge in [0.2, 0.25) is 0 Å². The monoisotopic (exact) mass is 288 g/mol. The fourth-order valence-corrected chi connectivity index (χ4v) is 4.33. The lowest BCUT2D eigenvalue weighted by Crippen LogP contribution is -2.29. The summed E-state index contributed by atoms with van der Waals surface area (Å²) in [7, 11) is 0. The van der Waals surface area contributed by atoms with Crippen molar-refractivity contribution in [1.29, 1.82) is 0 Å². The Hall–Kier alpha value is -1.39. The smallest absolute Gasteiger partial charge is 0.143 e. The van der Waals surface area contributed by atoms with E-state index in [1.165, 1.54) is 33.5 Å². The maximum absolute atomic E-state index is 14.2. The van der Waals surface area contributed by atoms with Crippen molar-refractivity contribution in [3.05, 3.63) is 34.1 Å². The van der Waals surface area contributed by atoms with Crippen LogP contribution in [-0.4, -0.2) is 23.0 Å². The number of halogens is 1. The second-order valence-corrected chi connectivity index (χ2v) is 6.48. The minimum atomic E-state index is -0.100. The van der Waals surface area contributed by atoms with Gasteiger partial charge in [-0.3, -0.25) is 4.90 Å². The summed E-state index contributed by atoms with van der Waals surface area (Å²) in [6.45, 7) is 7.41. The van der Waals surface area contributed by atoms with Crippen LogP contribution in [0.25, 0.3) is 21.0 Å². The van der Waals surface area contributed by atoms with Crippen LogP contribution < -0.4 is 0 Å². The normalized spacial score (nSPS) is 16.1. The van der Waals surface area contributed by atoms with E-state index in [2.05, 4.69) is 29.1 Å². The van der Waals surface area contributed by atoms with Crippen molar-refractivity contribution in [3.8, 4) is 0 Å². The summed E-state index contributed by atoms with van der Waals surface area (Å²) < 4.78 is 15.0. The van der Waals surface area contributed by atoms with Crippen LogP contribution >= 0.6 is 11.3 Å². The Morgan fingerprint density at radius 3 is 3.05 bits per heavy atom. The largest absolute Gasteiger partial charge is 0.358 e. The average molecular weight is 288 g/mol. The summed E-state index contributed by atoms with van der Waals surface area (Å²) in [5.41, 5.74) is 4.81. The van der Waals surface area contributed by atoms with Crippen molar-refractivity contribution >= 4 is 32.3 Å². The Morgan fingerprint density at radius 1 is 1.40 bits per heavy atom. The number of fused-ring (bicyclic) bond motifs is 5. The van der Waals surface area contributed by atoms with E-state index in [0.717, 1.165) is 41.7 Å². The standard InChI is InChI=1S/C16H17FN2S/c1-3-19-5-4-12-10(7-19)15-13(18-12)6-11(17)16-14(15)9(2)8-20-16/h6,8,18H,3-5,7H2,1-2H3. The second kappa shape index (κ2) is 4.30. The molecular weight excluding hydrogens is 271 g/mol. The van der Waals surface area contributed by atoms with Crippen molar-refractivity contribution < 1.29 is 4.39 Å². The van der Waals surface area contributed by atoms with Crippen molar-refractivity contribution in [2.24, 2.45) is 0 Å². The average Bonchev–Trinajstić information content (AvgIpc) is 2.99. The number of nitrogens with zero attached hydrogens (tertiary/aromatic N) is 1. The molecule has 0 aliphatic carbocycles. The molecule has 0 unspecified atom stereocenters. The van der Waals surface area contributed by atoms with Crippen LogP contribution in [-0.2, 0) is 13.0 Å². The van der Waals surface area contributed by atoms with Gasteiger partial charge >= 0.3 is 0 Å². The van der Waals surface area contributed by atoms with Crippen molar-refractivity contribution in [1.82, 2.24) is 9.88 Å². The van der Waals surface area contributed by atoms with Gasteiger partial charge in [0.1, 0.15) is 5.82 Å². The SMILES string of the molecule is CCN1CCc2[nH]c3cc(F)c4scc(C)c4c3c2C1. The Morgan fingerprint density at radius 2 is 2.25 bits per heavy atom. The molecule has 3 aromatic rings. The number of nitrogens with one attached hydrogen (secondary N) is 1. The highest BCUT2D eigenvalue weighted by molar-refractivity contribution is 7.17. The molecule has 4 rings (SSSR count).